The van der Waals surface area contributed by atoms with Gasteiger partial charge in [-0.2, -0.15) is 0 Å². The fourth-order valence-electron chi connectivity index (χ4n) is 1.36. The minimum Gasteiger partial charge on any atom is -0.384 e. The molecule has 1 aliphatic heterocycles. The predicted octanol–water partition coefficient (Wildman–Crippen LogP) is 1.87. The molecule has 56 valence electrons. The first-order chi connectivity index (χ1) is 5.38. The number of nitrogens with one attached hydrogen (secondary N) is 2. The maximum atomic E-state index is 7.63. The Bertz CT molecular complexity index is 291. The maximum absolute atomic E-state index is 7.63. The van der Waals surface area contributed by atoms with Crippen molar-refractivity contribution in [1.29, 1.82) is 5.41 Å². The van der Waals surface area contributed by atoms with Crippen LogP contribution in [-0.4, -0.2) is 12.3 Å². The van der Waals surface area contributed by atoms with Crippen LogP contribution in [-0.2, 0) is 0 Å². The van der Waals surface area contributed by atoms with E-state index in [2.05, 4.69) is 5.32 Å². The third-order valence-corrected chi connectivity index (χ3v) is 1.94. The van der Waals surface area contributed by atoms with Gasteiger partial charge in [0.1, 0.15) is 0 Å². The molecule has 0 aliphatic carbocycles. The van der Waals surface area contributed by atoms with Crippen molar-refractivity contribution in [3.63, 3.8) is 0 Å². The van der Waals surface area contributed by atoms with Gasteiger partial charge in [0, 0.05) is 29.9 Å². The van der Waals surface area contributed by atoms with E-state index in [0.717, 1.165) is 29.9 Å². The summed E-state index contributed by atoms with van der Waals surface area (Å²) in [5.74, 6) is 0. The summed E-state index contributed by atoms with van der Waals surface area (Å²) in [6.07, 6.45) is 0.844. The van der Waals surface area contributed by atoms with Crippen LogP contribution < -0.4 is 5.32 Å². The largest absolute Gasteiger partial charge is 0.384 e. The van der Waals surface area contributed by atoms with Gasteiger partial charge in [-0.3, -0.25) is 0 Å². The molecule has 0 saturated carbocycles. The summed E-state index contributed by atoms with van der Waals surface area (Å²) in [5, 5.41) is 10.9. The van der Waals surface area contributed by atoms with Crippen molar-refractivity contribution in [2.45, 2.75) is 6.42 Å². The van der Waals surface area contributed by atoms with Crippen LogP contribution in [0, 0.1) is 5.41 Å². The van der Waals surface area contributed by atoms with E-state index < -0.39 is 0 Å². The molecule has 1 aliphatic rings. The number of hydrogen-bond donors (Lipinski definition) is 2. The summed E-state index contributed by atoms with van der Waals surface area (Å²) in [5.41, 5.74) is 2.90. The molecule has 11 heavy (non-hydrogen) atoms. The second-order valence-electron chi connectivity index (χ2n) is 2.70. The highest BCUT2D eigenvalue weighted by molar-refractivity contribution is 6.04. The van der Waals surface area contributed by atoms with E-state index in [1.807, 2.05) is 24.3 Å². The maximum Gasteiger partial charge on any atom is 0.0432 e. The molecule has 1 aromatic rings. The Balaban J connectivity index is 2.52. The molecule has 1 aromatic carbocycles. The van der Waals surface area contributed by atoms with Gasteiger partial charge in [0.15, 0.2) is 0 Å². The Morgan fingerprint density at radius 2 is 2.09 bits per heavy atom. The van der Waals surface area contributed by atoms with Gasteiger partial charge >= 0.3 is 0 Å². The van der Waals surface area contributed by atoms with Crippen molar-refractivity contribution >= 4 is 11.4 Å². The zero-order valence-electron chi connectivity index (χ0n) is 6.22. The molecule has 0 radical (unpaired) electrons. The smallest absolute Gasteiger partial charge is 0.0432 e. The lowest BCUT2D eigenvalue weighted by atomic mass is 10.0. The second kappa shape index (κ2) is 2.38. The lowest BCUT2D eigenvalue weighted by Crippen LogP contribution is -2.17. The van der Waals surface area contributed by atoms with E-state index in [-0.39, 0.29) is 0 Å². The molecular formula is C9H10N2. The minimum atomic E-state index is 0.749. The molecule has 0 amide bonds. The summed E-state index contributed by atoms with van der Waals surface area (Å²) in [4.78, 5) is 0. The van der Waals surface area contributed by atoms with Crippen molar-refractivity contribution in [2.75, 3.05) is 11.9 Å². The molecule has 2 heteroatoms. The topological polar surface area (TPSA) is 35.9 Å². The average molecular weight is 146 g/mol. The predicted molar refractivity (Wildman–Crippen MR) is 46.4 cm³/mol. The molecule has 2 N–H and O–H groups in total. The molecule has 2 nitrogen and oxygen atoms in total. The molecular weight excluding hydrogens is 136 g/mol. The van der Waals surface area contributed by atoms with Crippen LogP contribution in [0.25, 0.3) is 0 Å². The van der Waals surface area contributed by atoms with Gasteiger partial charge in [0.05, 0.1) is 0 Å². The van der Waals surface area contributed by atoms with Crippen molar-refractivity contribution in [2.24, 2.45) is 0 Å². The standard InChI is InChI=1S/C9H10N2/c10-8-5-6-11-9-4-2-1-3-7(8)9/h1-4,10-11H,5-6H2. The Kier molecular flexibility index (Phi) is 1.39. The molecule has 0 fully saturated rings. The Labute approximate surface area is 65.8 Å². The third-order valence-electron chi connectivity index (χ3n) is 1.94. The van der Waals surface area contributed by atoms with Crippen LogP contribution in [0.1, 0.15) is 12.0 Å². The highest BCUT2D eigenvalue weighted by Gasteiger charge is 2.11. The zero-order chi connectivity index (χ0) is 7.68. The molecule has 2 rings (SSSR count). The van der Waals surface area contributed by atoms with Gasteiger partial charge in [-0.15, -0.1) is 0 Å². The summed E-state index contributed by atoms with van der Waals surface area (Å²) in [6.45, 7) is 0.899. The lowest BCUT2D eigenvalue weighted by Gasteiger charge is -2.17. The van der Waals surface area contributed by atoms with Crippen LogP contribution in [0.15, 0.2) is 24.3 Å². The van der Waals surface area contributed by atoms with Gasteiger partial charge in [-0.25, -0.2) is 0 Å². The first kappa shape index (κ1) is 6.40. The van der Waals surface area contributed by atoms with E-state index in [1.165, 1.54) is 0 Å². The van der Waals surface area contributed by atoms with Crippen molar-refractivity contribution in [1.82, 2.24) is 0 Å². The van der Waals surface area contributed by atoms with Crippen LogP contribution in [0.2, 0.25) is 0 Å². The van der Waals surface area contributed by atoms with E-state index >= 15 is 0 Å². The van der Waals surface area contributed by atoms with Crippen molar-refractivity contribution in [3.8, 4) is 0 Å². The molecule has 0 bridgehead atoms. The highest BCUT2D eigenvalue weighted by atomic mass is 14.9. The summed E-state index contributed by atoms with van der Waals surface area (Å²) in [6, 6.07) is 7.97. The third kappa shape index (κ3) is 1.00. The highest BCUT2D eigenvalue weighted by Crippen LogP contribution is 2.20. The normalized spacial score (nSPS) is 15.5. The first-order valence-corrected chi connectivity index (χ1v) is 3.78. The molecule has 1 heterocycles. The average Bonchev–Trinajstić information content (AvgIpc) is 2.06. The number of benzene rings is 1. The fraction of sp³-hybridized carbons (Fsp3) is 0.222. The summed E-state index contributed by atoms with van der Waals surface area (Å²) >= 11 is 0. The van der Waals surface area contributed by atoms with Gasteiger partial charge in [-0.1, -0.05) is 18.2 Å². The minimum absolute atomic E-state index is 0.749. The summed E-state index contributed by atoms with van der Waals surface area (Å²) < 4.78 is 0. The van der Waals surface area contributed by atoms with Gasteiger partial charge in [0.25, 0.3) is 0 Å². The number of rotatable bonds is 0. The SMILES string of the molecule is N=C1CCNc2ccccc21. The Morgan fingerprint density at radius 3 is 2.91 bits per heavy atom. The Morgan fingerprint density at radius 1 is 1.27 bits per heavy atom. The quantitative estimate of drug-likeness (QED) is 0.576. The fourth-order valence-corrected chi connectivity index (χ4v) is 1.36. The number of anilines is 1. The van der Waals surface area contributed by atoms with E-state index in [9.17, 15) is 0 Å². The number of hydrogen-bond acceptors (Lipinski definition) is 2. The van der Waals surface area contributed by atoms with Crippen LogP contribution in [0.4, 0.5) is 5.69 Å². The van der Waals surface area contributed by atoms with Crippen LogP contribution >= 0.6 is 0 Å². The molecule has 0 atom stereocenters. The first-order valence-electron chi connectivity index (χ1n) is 3.78. The molecule has 0 spiro atoms. The van der Waals surface area contributed by atoms with Gasteiger partial charge < -0.3 is 10.7 Å². The van der Waals surface area contributed by atoms with Crippen LogP contribution in [0.3, 0.4) is 0 Å². The Hall–Kier alpha value is -1.31. The number of fused-ring (bicyclic) bond motifs is 1. The summed E-state index contributed by atoms with van der Waals surface area (Å²) in [7, 11) is 0. The van der Waals surface area contributed by atoms with Crippen molar-refractivity contribution in [3.05, 3.63) is 29.8 Å². The molecule has 0 unspecified atom stereocenters. The second-order valence-corrected chi connectivity index (χ2v) is 2.70. The molecule has 0 aromatic heterocycles. The van der Waals surface area contributed by atoms with E-state index in [0.29, 0.717) is 0 Å². The van der Waals surface area contributed by atoms with E-state index in [4.69, 9.17) is 5.41 Å². The van der Waals surface area contributed by atoms with Gasteiger partial charge in [-0.05, 0) is 6.07 Å². The molecule has 0 saturated heterocycles. The lowest BCUT2D eigenvalue weighted by molar-refractivity contribution is 1.06. The van der Waals surface area contributed by atoms with Crippen LogP contribution in [0.5, 0.6) is 0 Å². The zero-order valence-corrected chi connectivity index (χ0v) is 6.22. The van der Waals surface area contributed by atoms with E-state index in [1.54, 1.807) is 0 Å². The number of para-hydroxylation sites is 1. The monoisotopic (exact) mass is 146 g/mol. The van der Waals surface area contributed by atoms with Crippen molar-refractivity contribution < 1.29 is 0 Å². The van der Waals surface area contributed by atoms with Gasteiger partial charge in [0.2, 0.25) is 0 Å².